The first-order chi connectivity index (χ1) is 8.04. The summed E-state index contributed by atoms with van der Waals surface area (Å²) in [6, 6.07) is 0. The van der Waals surface area contributed by atoms with Crippen LogP contribution < -0.4 is 15.1 Å². The van der Waals surface area contributed by atoms with E-state index >= 15 is 0 Å². The minimum absolute atomic E-state index is 0.517. The molecule has 0 unspecified atom stereocenters. The summed E-state index contributed by atoms with van der Waals surface area (Å²) in [4.78, 5) is 12.7. The van der Waals surface area contributed by atoms with Gasteiger partial charge in [-0.2, -0.15) is 10.5 Å². The van der Waals surface area contributed by atoms with Crippen LogP contribution >= 0.6 is 11.3 Å². The fraction of sp³-hybridized carbons (Fsp3) is 0.727. The SMILES string of the molecule is COc1nc(N(C)C)sc1CNOCC(C)C. The Labute approximate surface area is 107 Å². The molecule has 0 saturated heterocycles. The van der Waals surface area contributed by atoms with Crippen molar-refractivity contribution in [1.82, 2.24) is 10.5 Å². The van der Waals surface area contributed by atoms with Crippen LogP contribution in [0, 0.1) is 5.92 Å². The molecule has 0 bridgehead atoms. The number of ether oxygens (including phenoxy) is 1. The van der Waals surface area contributed by atoms with Crippen molar-refractivity contribution in [2.45, 2.75) is 20.4 Å². The van der Waals surface area contributed by atoms with E-state index in [1.165, 1.54) is 0 Å². The summed E-state index contributed by atoms with van der Waals surface area (Å²) >= 11 is 1.60. The van der Waals surface area contributed by atoms with Crippen molar-refractivity contribution in [2.24, 2.45) is 5.92 Å². The van der Waals surface area contributed by atoms with E-state index in [0.29, 0.717) is 24.9 Å². The topological polar surface area (TPSA) is 46.6 Å². The summed E-state index contributed by atoms with van der Waals surface area (Å²) in [5, 5.41) is 0.933. The van der Waals surface area contributed by atoms with Crippen molar-refractivity contribution in [3.8, 4) is 5.88 Å². The number of hydrogen-bond donors (Lipinski definition) is 1. The molecule has 0 saturated carbocycles. The maximum Gasteiger partial charge on any atom is 0.230 e. The zero-order valence-electron chi connectivity index (χ0n) is 11.1. The Bertz CT molecular complexity index is 339. The molecule has 0 aliphatic rings. The third kappa shape index (κ3) is 4.49. The third-order valence-electron chi connectivity index (χ3n) is 1.98. The van der Waals surface area contributed by atoms with Crippen molar-refractivity contribution in [1.29, 1.82) is 0 Å². The molecule has 1 aromatic rings. The lowest BCUT2D eigenvalue weighted by Crippen LogP contribution is -2.17. The molecule has 1 N–H and O–H groups in total. The lowest BCUT2D eigenvalue weighted by molar-refractivity contribution is 0.0198. The molecule has 5 nitrogen and oxygen atoms in total. The van der Waals surface area contributed by atoms with Gasteiger partial charge >= 0.3 is 0 Å². The van der Waals surface area contributed by atoms with Crippen molar-refractivity contribution in [3.63, 3.8) is 0 Å². The Morgan fingerprint density at radius 3 is 2.65 bits per heavy atom. The average molecular weight is 259 g/mol. The number of aromatic nitrogens is 1. The summed E-state index contributed by atoms with van der Waals surface area (Å²) in [6.45, 7) is 5.53. The Hall–Kier alpha value is -0.850. The number of hydrogen-bond acceptors (Lipinski definition) is 6. The molecule has 1 rings (SSSR count). The molecule has 0 aliphatic carbocycles. The molecule has 0 atom stereocenters. The second kappa shape index (κ2) is 6.78. The predicted octanol–water partition coefficient (Wildman–Crippen LogP) is 1.89. The van der Waals surface area contributed by atoms with E-state index in [9.17, 15) is 0 Å². The number of hydroxylamine groups is 1. The maximum absolute atomic E-state index is 5.33. The van der Waals surface area contributed by atoms with Gasteiger partial charge in [-0.3, -0.25) is 0 Å². The van der Waals surface area contributed by atoms with Crippen LogP contribution in [0.4, 0.5) is 5.13 Å². The highest BCUT2D eigenvalue weighted by Crippen LogP contribution is 2.30. The zero-order valence-corrected chi connectivity index (χ0v) is 11.9. The number of nitrogens with zero attached hydrogens (tertiary/aromatic N) is 2. The summed E-state index contributed by atoms with van der Waals surface area (Å²) in [7, 11) is 5.56. The first kappa shape index (κ1) is 14.2. The van der Waals surface area contributed by atoms with Crippen molar-refractivity contribution < 1.29 is 9.57 Å². The van der Waals surface area contributed by atoms with E-state index < -0.39 is 0 Å². The van der Waals surface area contributed by atoms with Crippen molar-refractivity contribution >= 4 is 16.5 Å². The van der Waals surface area contributed by atoms with Crippen LogP contribution in [0.5, 0.6) is 5.88 Å². The molecular weight excluding hydrogens is 238 g/mol. The van der Waals surface area contributed by atoms with E-state index in [1.807, 2.05) is 19.0 Å². The Morgan fingerprint density at radius 1 is 1.41 bits per heavy atom. The van der Waals surface area contributed by atoms with Crippen LogP contribution in [0.2, 0.25) is 0 Å². The normalized spacial score (nSPS) is 10.9. The smallest absolute Gasteiger partial charge is 0.230 e. The van der Waals surface area contributed by atoms with Crippen molar-refractivity contribution in [2.75, 3.05) is 32.7 Å². The number of anilines is 1. The largest absolute Gasteiger partial charge is 0.480 e. The lowest BCUT2D eigenvalue weighted by Gasteiger charge is -2.07. The molecule has 0 aromatic carbocycles. The molecule has 0 amide bonds. The van der Waals surface area contributed by atoms with Gasteiger partial charge in [0.2, 0.25) is 5.88 Å². The van der Waals surface area contributed by atoms with Gasteiger partial charge in [-0.15, -0.1) is 0 Å². The van der Waals surface area contributed by atoms with Gasteiger partial charge < -0.3 is 14.5 Å². The first-order valence-corrected chi connectivity index (χ1v) is 6.42. The highest BCUT2D eigenvalue weighted by molar-refractivity contribution is 7.15. The van der Waals surface area contributed by atoms with E-state index in [1.54, 1.807) is 18.4 Å². The second-order valence-corrected chi connectivity index (χ2v) is 5.41. The number of nitrogens with one attached hydrogen (secondary N) is 1. The van der Waals surface area contributed by atoms with Gasteiger partial charge in [-0.25, -0.2) is 0 Å². The van der Waals surface area contributed by atoms with Crippen LogP contribution in [0.3, 0.4) is 0 Å². The van der Waals surface area contributed by atoms with Gasteiger partial charge in [-0.05, 0) is 5.92 Å². The van der Waals surface area contributed by atoms with E-state index in [0.717, 1.165) is 10.0 Å². The van der Waals surface area contributed by atoms with E-state index in [2.05, 4.69) is 24.3 Å². The highest BCUT2D eigenvalue weighted by Gasteiger charge is 2.12. The monoisotopic (exact) mass is 259 g/mol. The molecule has 0 radical (unpaired) electrons. The predicted molar refractivity (Wildman–Crippen MR) is 70.6 cm³/mol. The molecule has 0 aliphatic heterocycles. The van der Waals surface area contributed by atoms with Crippen molar-refractivity contribution in [3.05, 3.63) is 4.88 Å². The molecule has 0 fully saturated rings. The first-order valence-electron chi connectivity index (χ1n) is 5.60. The minimum Gasteiger partial charge on any atom is -0.480 e. The Morgan fingerprint density at radius 2 is 2.12 bits per heavy atom. The van der Waals surface area contributed by atoms with Crippen LogP contribution in [0.15, 0.2) is 0 Å². The standard InChI is InChI=1S/C11H21N3O2S/c1-8(2)7-16-12-6-9-10(15-5)13-11(17-9)14(3)4/h8,12H,6-7H2,1-5H3. The van der Waals surface area contributed by atoms with Crippen LogP contribution in [0.25, 0.3) is 0 Å². The van der Waals surface area contributed by atoms with Crippen LogP contribution in [-0.2, 0) is 11.4 Å². The summed E-state index contributed by atoms with van der Waals surface area (Å²) in [6.07, 6.45) is 0. The molecule has 1 heterocycles. The molecule has 6 heteroatoms. The molecular formula is C11H21N3O2S. The second-order valence-electron chi connectivity index (χ2n) is 4.35. The Balaban J connectivity index is 2.51. The Kier molecular flexibility index (Phi) is 5.67. The highest BCUT2D eigenvalue weighted by atomic mass is 32.1. The summed E-state index contributed by atoms with van der Waals surface area (Å²) in [5.41, 5.74) is 2.93. The van der Waals surface area contributed by atoms with Crippen LogP contribution in [0.1, 0.15) is 18.7 Å². The maximum atomic E-state index is 5.33. The van der Waals surface area contributed by atoms with E-state index in [4.69, 9.17) is 9.57 Å². The molecule has 0 spiro atoms. The molecule has 17 heavy (non-hydrogen) atoms. The van der Waals surface area contributed by atoms with Crippen LogP contribution in [-0.4, -0.2) is 32.8 Å². The fourth-order valence-corrected chi connectivity index (χ4v) is 2.01. The van der Waals surface area contributed by atoms with Gasteiger partial charge in [0.1, 0.15) is 0 Å². The average Bonchev–Trinajstić information content (AvgIpc) is 2.67. The van der Waals surface area contributed by atoms with Gasteiger partial charge in [0.05, 0.1) is 25.1 Å². The third-order valence-corrected chi connectivity index (χ3v) is 3.18. The molecule has 98 valence electrons. The fourth-order valence-electron chi connectivity index (χ4n) is 1.13. The summed E-state index contributed by atoms with van der Waals surface area (Å²) < 4.78 is 5.23. The number of rotatable bonds is 7. The van der Waals surface area contributed by atoms with Gasteiger partial charge in [-0.1, -0.05) is 25.2 Å². The minimum atomic E-state index is 0.517. The van der Waals surface area contributed by atoms with Gasteiger partial charge in [0.25, 0.3) is 0 Å². The van der Waals surface area contributed by atoms with Gasteiger partial charge in [0.15, 0.2) is 5.13 Å². The van der Waals surface area contributed by atoms with Gasteiger partial charge in [0, 0.05) is 14.1 Å². The number of thiazole rings is 1. The summed E-state index contributed by atoms with van der Waals surface area (Å²) in [5.74, 6) is 1.18. The zero-order chi connectivity index (χ0) is 12.8. The van der Waals surface area contributed by atoms with E-state index in [-0.39, 0.29) is 0 Å². The quantitative estimate of drug-likeness (QED) is 0.598. The lowest BCUT2D eigenvalue weighted by atomic mass is 10.2. The number of methoxy groups -OCH3 is 1. The molecule has 1 aromatic heterocycles.